The maximum absolute atomic E-state index is 9.37. The monoisotopic (exact) mass is 226 g/mol. The molecule has 0 aromatic carbocycles. The average molecular weight is 226 g/mol. The molecule has 0 aliphatic heterocycles. The van der Waals surface area contributed by atoms with E-state index < -0.39 is 0 Å². The van der Waals surface area contributed by atoms with E-state index in [0.717, 1.165) is 5.57 Å². The molecule has 0 radical (unpaired) electrons. The van der Waals surface area contributed by atoms with Crippen LogP contribution in [0.3, 0.4) is 0 Å². The molecule has 0 spiro atoms. The van der Waals surface area contributed by atoms with E-state index in [-0.39, 0.29) is 0 Å². The first-order chi connectivity index (χ1) is 7.59. The smallest absolute Gasteiger partial charge is 0.0883 e. The van der Waals surface area contributed by atoms with Gasteiger partial charge in [0.25, 0.3) is 0 Å². The van der Waals surface area contributed by atoms with Crippen LogP contribution in [0.4, 0.5) is 0 Å². The van der Waals surface area contributed by atoms with Gasteiger partial charge in [-0.05, 0) is 31.8 Å². The van der Waals surface area contributed by atoms with Crippen molar-refractivity contribution in [3.8, 4) is 0 Å². The average Bonchev–Trinajstić information content (AvgIpc) is 2.26. The van der Waals surface area contributed by atoms with E-state index in [4.69, 9.17) is 0 Å². The van der Waals surface area contributed by atoms with E-state index in [9.17, 15) is 5.11 Å². The first-order valence-electron chi connectivity index (χ1n) is 6.95. The lowest BCUT2D eigenvalue weighted by molar-refractivity contribution is 0.392. The van der Waals surface area contributed by atoms with E-state index in [1.165, 1.54) is 51.4 Å². The summed E-state index contributed by atoms with van der Waals surface area (Å²) in [6.07, 6.45) is 10.8. The Balaban J connectivity index is 3.42. The number of hydrogen-bond acceptors (Lipinski definition) is 1. The van der Waals surface area contributed by atoms with Gasteiger partial charge < -0.3 is 5.11 Å². The number of aliphatic hydroxyl groups excluding tert-OH is 1. The van der Waals surface area contributed by atoms with Crippen molar-refractivity contribution >= 4 is 0 Å². The molecule has 1 N–H and O–H groups in total. The van der Waals surface area contributed by atoms with E-state index in [1.807, 2.05) is 6.92 Å². The summed E-state index contributed by atoms with van der Waals surface area (Å²) in [5.74, 6) is 1.05. The maximum Gasteiger partial charge on any atom is 0.0883 e. The lowest BCUT2D eigenvalue weighted by Gasteiger charge is -2.12. The molecular weight excluding hydrogens is 196 g/mol. The highest BCUT2D eigenvalue weighted by molar-refractivity contribution is 5.05. The Labute approximate surface area is 102 Å². The second kappa shape index (κ2) is 9.74. The van der Waals surface area contributed by atoms with Crippen molar-refractivity contribution in [1.29, 1.82) is 0 Å². The quantitative estimate of drug-likeness (QED) is 0.400. The molecule has 16 heavy (non-hydrogen) atoms. The summed E-state index contributed by atoms with van der Waals surface area (Å²) >= 11 is 0. The Hall–Kier alpha value is -0.460. The molecule has 0 aromatic rings. The molecule has 1 nitrogen and oxygen atoms in total. The summed E-state index contributed by atoms with van der Waals surface area (Å²) < 4.78 is 0. The van der Waals surface area contributed by atoms with Gasteiger partial charge in [-0.25, -0.2) is 0 Å². The number of rotatable bonds is 9. The van der Waals surface area contributed by atoms with Crippen molar-refractivity contribution in [3.63, 3.8) is 0 Å². The Morgan fingerprint density at radius 3 is 1.94 bits per heavy atom. The number of allylic oxidation sites excluding steroid dienone is 2. The molecule has 1 heteroatoms. The molecule has 0 heterocycles. The highest BCUT2D eigenvalue weighted by Gasteiger charge is 2.06. The van der Waals surface area contributed by atoms with Gasteiger partial charge in [-0.2, -0.15) is 0 Å². The summed E-state index contributed by atoms with van der Waals surface area (Å²) in [4.78, 5) is 0. The third kappa shape index (κ3) is 7.78. The summed E-state index contributed by atoms with van der Waals surface area (Å²) in [7, 11) is 0. The van der Waals surface area contributed by atoms with Gasteiger partial charge in [0, 0.05) is 0 Å². The first-order valence-corrected chi connectivity index (χ1v) is 6.95. The Bertz CT molecular complexity index is 190. The molecule has 0 aromatic heterocycles. The lowest BCUT2D eigenvalue weighted by atomic mass is 9.95. The normalized spacial score (nSPS) is 14.8. The van der Waals surface area contributed by atoms with E-state index in [1.54, 1.807) is 6.92 Å². The highest BCUT2D eigenvalue weighted by Crippen LogP contribution is 2.20. The molecule has 96 valence electrons. The molecule has 0 bridgehead atoms. The van der Waals surface area contributed by atoms with Crippen LogP contribution < -0.4 is 0 Å². The van der Waals surface area contributed by atoms with Crippen LogP contribution in [0.5, 0.6) is 0 Å². The van der Waals surface area contributed by atoms with Gasteiger partial charge in [-0.15, -0.1) is 0 Å². The van der Waals surface area contributed by atoms with Crippen LogP contribution in [0.15, 0.2) is 11.3 Å². The highest BCUT2D eigenvalue weighted by atomic mass is 16.3. The van der Waals surface area contributed by atoms with Gasteiger partial charge in [-0.3, -0.25) is 0 Å². The summed E-state index contributed by atoms with van der Waals surface area (Å²) in [5.41, 5.74) is 1.16. The minimum absolute atomic E-state index is 0.510. The predicted molar refractivity (Wildman–Crippen MR) is 72.8 cm³/mol. The summed E-state index contributed by atoms with van der Waals surface area (Å²) in [6.45, 7) is 8.30. The van der Waals surface area contributed by atoms with Gasteiger partial charge in [0.15, 0.2) is 0 Å². The fourth-order valence-corrected chi connectivity index (χ4v) is 1.98. The van der Waals surface area contributed by atoms with Crippen molar-refractivity contribution in [2.75, 3.05) is 0 Å². The molecule has 0 rings (SSSR count). The first kappa shape index (κ1) is 15.5. The van der Waals surface area contributed by atoms with Crippen LogP contribution in [0.2, 0.25) is 0 Å². The van der Waals surface area contributed by atoms with Crippen molar-refractivity contribution in [1.82, 2.24) is 0 Å². The van der Waals surface area contributed by atoms with Crippen LogP contribution >= 0.6 is 0 Å². The summed E-state index contributed by atoms with van der Waals surface area (Å²) in [6, 6.07) is 0. The number of aliphatic hydroxyl groups is 1. The SMILES string of the molecule is CCCCCCCCCC(C)C(C)=C(C)O. The molecule has 0 aliphatic carbocycles. The topological polar surface area (TPSA) is 20.2 Å². The zero-order valence-corrected chi connectivity index (χ0v) is 11.7. The summed E-state index contributed by atoms with van der Waals surface area (Å²) in [5, 5.41) is 9.37. The van der Waals surface area contributed by atoms with Gasteiger partial charge in [0.05, 0.1) is 5.76 Å². The maximum atomic E-state index is 9.37. The Morgan fingerprint density at radius 1 is 0.938 bits per heavy atom. The van der Waals surface area contributed by atoms with Crippen LogP contribution in [0, 0.1) is 5.92 Å². The minimum atomic E-state index is 0.510. The van der Waals surface area contributed by atoms with Crippen LogP contribution in [-0.2, 0) is 0 Å². The molecule has 0 saturated carbocycles. The fraction of sp³-hybridized carbons (Fsp3) is 0.867. The second-order valence-corrected chi connectivity index (χ2v) is 5.08. The number of hydrogen-bond donors (Lipinski definition) is 1. The molecule has 0 amide bonds. The molecular formula is C15H30O. The molecule has 0 fully saturated rings. The van der Waals surface area contributed by atoms with Crippen molar-refractivity contribution in [3.05, 3.63) is 11.3 Å². The predicted octanol–water partition coefficient (Wildman–Crippen LogP) is 5.62. The van der Waals surface area contributed by atoms with Crippen molar-refractivity contribution in [2.45, 2.75) is 79.1 Å². The third-order valence-corrected chi connectivity index (χ3v) is 3.55. The molecule has 0 aliphatic rings. The van der Waals surface area contributed by atoms with Crippen LogP contribution in [0.1, 0.15) is 79.1 Å². The van der Waals surface area contributed by atoms with E-state index >= 15 is 0 Å². The Morgan fingerprint density at radius 2 is 1.44 bits per heavy atom. The minimum Gasteiger partial charge on any atom is -0.513 e. The zero-order chi connectivity index (χ0) is 12.4. The van der Waals surface area contributed by atoms with E-state index in [0.29, 0.717) is 11.7 Å². The molecule has 1 atom stereocenters. The van der Waals surface area contributed by atoms with Gasteiger partial charge in [-0.1, -0.05) is 58.8 Å². The van der Waals surface area contributed by atoms with E-state index in [2.05, 4.69) is 13.8 Å². The molecule has 0 saturated heterocycles. The van der Waals surface area contributed by atoms with Gasteiger partial charge in [0.2, 0.25) is 0 Å². The standard InChI is InChI=1S/C15H30O/c1-5-6-7-8-9-10-11-12-13(2)14(3)15(4)16/h13,16H,5-12H2,1-4H3. The third-order valence-electron chi connectivity index (χ3n) is 3.55. The van der Waals surface area contributed by atoms with Crippen LogP contribution in [0.25, 0.3) is 0 Å². The number of unbranched alkanes of at least 4 members (excludes halogenated alkanes) is 6. The fourth-order valence-electron chi connectivity index (χ4n) is 1.98. The second-order valence-electron chi connectivity index (χ2n) is 5.08. The largest absolute Gasteiger partial charge is 0.513 e. The Kier molecular flexibility index (Phi) is 9.46. The van der Waals surface area contributed by atoms with Crippen molar-refractivity contribution in [2.24, 2.45) is 5.92 Å². The van der Waals surface area contributed by atoms with Gasteiger partial charge >= 0.3 is 0 Å². The zero-order valence-electron chi connectivity index (χ0n) is 11.7. The van der Waals surface area contributed by atoms with Gasteiger partial charge in [0.1, 0.15) is 0 Å². The lowest BCUT2D eigenvalue weighted by Crippen LogP contribution is -1.99. The van der Waals surface area contributed by atoms with Crippen LogP contribution in [-0.4, -0.2) is 5.11 Å². The van der Waals surface area contributed by atoms with Crippen molar-refractivity contribution < 1.29 is 5.11 Å². The molecule has 1 unspecified atom stereocenters.